The first kappa shape index (κ1) is 16.4. The second-order valence-corrected chi connectivity index (χ2v) is 5.58. The van der Waals surface area contributed by atoms with Crippen molar-refractivity contribution >= 4 is 17.3 Å². The van der Waals surface area contributed by atoms with E-state index in [-0.39, 0.29) is 23.4 Å². The van der Waals surface area contributed by atoms with Gasteiger partial charge in [-0.2, -0.15) is 0 Å². The molecule has 0 amide bonds. The van der Waals surface area contributed by atoms with E-state index in [1.807, 2.05) is 57.1 Å². The van der Waals surface area contributed by atoms with Crippen molar-refractivity contribution in [1.29, 1.82) is 0 Å². The maximum absolute atomic E-state index is 12.3. The Balaban J connectivity index is 3.09. The van der Waals surface area contributed by atoms with Crippen LogP contribution in [0.15, 0.2) is 24.3 Å². The minimum absolute atomic E-state index is 0.0659. The summed E-state index contributed by atoms with van der Waals surface area (Å²) in [6.45, 7) is 5.40. The molecule has 3 nitrogen and oxygen atoms in total. The third-order valence-electron chi connectivity index (χ3n) is 3.75. The average molecular weight is 275 g/mol. The van der Waals surface area contributed by atoms with Crippen LogP contribution in [-0.4, -0.2) is 25.7 Å². The van der Waals surface area contributed by atoms with Gasteiger partial charge in [0.1, 0.15) is 11.6 Å². The van der Waals surface area contributed by atoms with Gasteiger partial charge in [0.2, 0.25) is 0 Å². The van der Waals surface area contributed by atoms with E-state index in [2.05, 4.69) is 0 Å². The summed E-state index contributed by atoms with van der Waals surface area (Å²) in [6, 6.07) is 7.92. The number of ketones is 2. The number of anilines is 1. The van der Waals surface area contributed by atoms with E-state index in [1.165, 1.54) is 0 Å². The van der Waals surface area contributed by atoms with Crippen LogP contribution >= 0.6 is 0 Å². The Bertz CT molecular complexity index is 462. The Labute approximate surface area is 122 Å². The summed E-state index contributed by atoms with van der Waals surface area (Å²) in [5.41, 5.74) is 2.03. The van der Waals surface area contributed by atoms with Gasteiger partial charge in [-0.15, -0.1) is 0 Å². The highest BCUT2D eigenvalue weighted by molar-refractivity contribution is 5.92. The number of Topliss-reactive ketones (excluding diaryl/α,β-unsaturated/α-hetero) is 2. The molecule has 110 valence electrons. The Kier molecular flexibility index (Phi) is 5.93. The SMILES string of the molecule is CCCC(=O)C(c1ccc(N(C)C)cc1)C(C)C(C)=O. The van der Waals surface area contributed by atoms with E-state index in [9.17, 15) is 9.59 Å². The maximum atomic E-state index is 12.3. The summed E-state index contributed by atoms with van der Waals surface area (Å²) in [5.74, 6) is -0.355. The minimum atomic E-state index is -0.316. The van der Waals surface area contributed by atoms with Gasteiger partial charge < -0.3 is 4.90 Å². The summed E-state index contributed by atoms with van der Waals surface area (Å²) in [6.07, 6.45) is 1.34. The average Bonchev–Trinajstić information content (AvgIpc) is 2.39. The standard InChI is InChI=1S/C17H25NO2/c1-6-7-16(20)17(12(2)13(3)19)14-8-10-15(11-9-14)18(4)5/h8-12,17H,6-7H2,1-5H3. The molecule has 3 heteroatoms. The van der Waals surface area contributed by atoms with Crippen LogP contribution in [0.25, 0.3) is 0 Å². The van der Waals surface area contributed by atoms with E-state index >= 15 is 0 Å². The number of rotatable bonds is 7. The molecule has 1 rings (SSSR count). The van der Waals surface area contributed by atoms with Crippen LogP contribution in [0.5, 0.6) is 0 Å². The first-order chi connectivity index (χ1) is 9.38. The maximum Gasteiger partial charge on any atom is 0.141 e. The molecular weight excluding hydrogens is 250 g/mol. The van der Waals surface area contributed by atoms with Gasteiger partial charge in [0, 0.05) is 32.1 Å². The van der Waals surface area contributed by atoms with Crippen LogP contribution in [0.1, 0.15) is 45.1 Å². The fourth-order valence-electron chi connectivity index (χ4n) is 2.37. The van der Waals surface area contributed by atoms with E-state index in [4.69, 9.17) is 0 Å². The highest BCUT2D eigenvalue weighted by Gasteiger charge is 2.28. The lowest BCUT2D eigenvalue weighted by Gasteiger charge is -2.22. The quantitative estimate of drug-likeness (QED) is 0.765. The molecule has 1 aromatic rings. The van der Waals surface area contributed by atoms with Crippen molar-refractivity contribution < 1.29 is 9.59 Å². The monoisotopic (exact) mass is 275 g/mol. The normalized spacial score (nSPS) is 13.7. The molecule has 2 unspecified atom stereocenters. The molecule has 0 bridgehead atoms. The zero-order valence-corrected chi connectivity index (χ0v) is 13.1. The smallest absolute Gasteiger partial charge is 0.141 e. The molecule has 0 fully saturated rings. The summed E-state index contributed by atoms with van der Waals surface area (Å²) in [4.78, 5) is 26.0. The first-order valence-corrected chi connectivity index (χ1v) is 7.19. The van der Waals surface area contributed by atoms with Crippen LogP contribution < -0.4 is 4.90 Å². The Morgan fingerprint density at radius 1 is 1.15 bits per heavy atom. The van der Waals surface area contributed by atoms with Gasteiger partial charge in [-0.05, 0) is 31.0 Å². The van der Waals surface area contributed by atoms with Crippen LogP contribution in [0.2, 0.25) is 0 Å². The molecule has 0 radical (unpaired) electrons. The van der Waals surface area contributed by atoms with Crippen molar-refractivity contribution in [3.8, 4) is 0 Å². The minimum Gasteiger partial charge on any atom is -0.378 e. The highest BCUT2D eigenvalue weighted by atomic mass is 16.1. The number of benzene rings is 1. The molecule has 2 atom stereocenters. The number of hydrogen-bond acceptors (Lipinski definition) is 3. The Morgan fingerprint density at radius 3 is 2.10 bits per heavy atom. The lowest BCUT2D eigenvalue weighted by Crippen LogP contribution is -2.24. The molecule has 0 aliphatic heterocycles. The van der Waals surface area contributed by atoms with Crippen molar-refractivity contribution in [2.75, 3.05) is 19.0 Å². The van der Waals surface area contributed by atoms with E-state index < -0.39 is 0 Å². The Morgan fingerprint density at radius 2 is 1.70 bits per heavy atom. The molecule has 0 aliphatic carbocycles. The highest BCUT2D eigenvalue weighted by Crippen LogP contribution is 2.29. The molecule has 20 heavy (non-hydrogen) atoms. The summed E-state index contributed by atoms with van der Waals surface area (Å²) < 4.78 is 0. The van der Waals surface area contributed by atoms with Gasteiger partial charge >= 0.3 is 0 Å². The predicted octanol–water partition coefficient (Wildman–Crippen LogP) is 3.43. The van der Waals surface area contributed by atoms with Crippen molar-refractivity contribution in [1.82, 2.24) is 0 Å². The lowest BCUT2D eigenvalue weighted by molar-refractivity contribution is -0.128. The van der Waals surface area contributed by atoms with Gasteiger partial charge in [-0.1, -0.05) is 26.0 Å². The molecule has 0 heterocycles. The van der Waals surface area contributed by atoms with Gasteiger partial charge in [-0.25, -0.2) is 0 Å². The third-order valence-corrected chi connectivity index (χ3v) is 3.75. The zero-order valence-electron chi connectivity index (χ0n) is 13.1. The largest absolute Gasteiger partial charge is 0.378 e. The van der Waals surface area contributed by atoms with Crippen LogP contribution in [-0.2, 0) is 9.59 Å². The molecule has 0 aliphatic rings. The molecule has 1 aromatic carbocycles. The van der Waals surface area contributed by atoms with Crippen molar-refractivity contribution in [2.24, 2.45) is 5.92 Å². The number of hydrogen-bond donors (Lipinski definition) is 0. The van der Waals surface area contributed by atoms with Crippen LogP contribution in [0, 0.1) is 5.92 Å². The van der Waals surface area contributed by atoms with Crippen molar-refractivity contribution in [3.05, 3.63) is 29.8 Å². The van der Waals surface area contributed by atoms with Gasteiger partial charge in [0.15, 0.2) is 0 Å². The summed E-state index contributed by atoms with van der Waals surface area (Å²) in [7, 11) is 3.96. The summed E-state index contributed by atoms with van der Waals surface area (Å²) >= 11 is 0. The number of carbonyl (C=O) groups excluding carboxylic acids is 2. The van der Waals surface area contributed by atoms with Gasteiger partial charge in [0.25, 0.3) is 0 Å². The third kappa shape index (κ3) is 3.92. The van der Waals surface area contributed by atoms with Gasteiger partial charge in [0.05, 0.1) is 5.92 Å². The second-order valence-electron chi connectivity index (χ2n) is 5.58. The van der Waals surface area contributed by atoms with Crippen LogP contribution in [0.3, 0.4) is 0 Å². The van der Waals surface area contributed by atoms with Crippen molar-refractivity contribution in [3.63, 3.8) is 0 Å². The predicted molar refractivity (Wildman–Crippen MR) is 83.3 cm³/mol. The zero-order chi connectivity index (χ0) is 15.3. The molecule has 0 aromatic heterocycles. The molecule has 0 saturated heterocycles. The molecular formula is C17H25NO2. The molecule has 0 spiro atoms. The molecule has 0 N–H and O–H groups in total. The molecule has 0 saturated carbocycles. The summed E-state index contributed by atoms with van der Waals surface area (Å²) in [5, 5.41) is 0. The second kappa shape index (κ2) is 7.22. The number of nitrogens with zero attached hydrogens (tertiary/aromatic N) is 1. The topological polar surface area (TPSA) is 37.4 Å². The fraction of sp³-hybridized carbons (Fsp3) is 0.529. The number of carbonyl (C=O) groups is 2. The van der Waals surface area contributed by atoms with E-state index in [0.717, 1.165) is 17.7 Å². The van der Waals surface area contributed by atoms with E-state index in [1.54, 1.807) is 6.92 Å². The lowest BCUT2D eigenvalue weighted by atomic mass is 9.80. The first-order valence-electron chi connectivity index (χ1n) is 7.19. The van der Waals surface area contributed by atoms with E-state index in [0.29, 0.717) is 6.42 Å². The van der Waals surface area contributed by atoms with Gasteiger partial charge in [-0.3, -0.25) is 9.59 Å². The Hall–Kier alpha value is -1.64. The fourth-order valence-corrected chi connectivity index (χ4v) is 2.37. The van der Waals surface area contributed by atoms with Crippen LogP contribution in [0.4, 0.5) is 5.69 Å². The van der Waals surface area contributed by atoms with Crippen molar-refractivity contribution in [2.45, 2.75) is 39.5 Å².